The number of fused-ring (bicyclic) bond motifs is 1. The van der Waals surface area contributed by atoms with Crippen LogP contribution in [0.3, 0.4) is 0 Å². The molecule has 1 aromatic heterocycles. The third-order valence-electron chi connectivity index (χ3n) is 3.09. The van der Waals surface area contributed by atoms with E-state index in [0.29, 0.717) is 16.8 Å². The molecular formula is C16H10FN3O. The molecule has 3 aromatic rings. The Balaban J connectivity index is 2.07. The van der Waals surface area contributed by atoms with E-state index in [1.165, 1.54) is 12.1 Å². The van der Waals surface area contributed by atoms with Crippen LogP contribution < -0.4 is 10.5 Å². The summed E-state index contributed by atoms with van der Waals surface area (Å²) in [5, 5.41) is 10.2. The van der Waals surface area contributed by atoms with Crippen LogP contribution in [0.25, 0.3) is 10.8 Å². The SMILES string of the molecule is N#Cc1ccc(Oc2ccc(N)c3ccncc23)c(F)c1. The van der Waals surface area contributed by atoms with Crippen molar-refractivity contribution in [3.63, 3.8) is 0 Å². The zero-order valence-electron chi connectivity index (χ0n) is 10.9. The lowest BCUT2D eigenvalue weighted by Gasteiger charge is -2.10. The number of rotatable bonds is 2. The fourth-order valence-electron chi connectivity index (χ4n) is 2.05. The molecule has 2 aromatic carbocycles. The van der Waals surface area contributed by atoms with E-state index >= 15 is 0 Å². The predicted molar refractivity (Wildman–Crippen MR) is 77.3 cm³/mol. The van der Waals surface area contributed by atoms with Crippen molar-refractivity contribution in [1.82, 2.24) is 4.98 Å². The first-order chi connectivity index (χ1) is 10.2. The van der Waals surface area contributed by atoms with E-state index in [-0.39, 0.29) is 11.3 Å². The third kappa shape index (κ3) is 2.35. The maximum Gasteiger partial charge on any atom is 0.167 e. The van der Waals surface area contributed by atoms with E-state index in [4.69, 9.17) is 15.7 Å². The van der Waals surface area contributed by atoms with Crippen molar-refractivity contribution in [2.75, 3.05) is 5.73 Å². The molecule has 0 unspecified atom stereocenters. The second kappa shape index (κ2) is 5.10. The minimum Gasteiger partial charge on any atom is -0.454 e. The highest BCUT2D eigenvalue weighted by atomic mass is 19.1. The monoisotopic (exact) mass is 279 g/mol. The van der Waals surface area contributed by atoms with Crippen molar-refractivity contribution in [2.45, 2.75) is 0 Å². The molecule has 0 amide bonds. The zero-order valence-corrected chi connectivity index (χ0v) is 10.9. The molecule has 102 valence electrons. The maximum atomic E-state index is 13.9. The van der Waals surface area contributed by atoms with Gasteiger partial charge in [-0.1, -0.05) is 0 Å². The number of nitrogen functional groups attached to an aromatic ring is 1. The molecule has 0 bridgehead atoms. The lowest BCUT2D eigenvalue weighted by Crippen LogP contribution is -1.93. The number of ether oxygens (including phenoxy) is 1. The van der Waals surface area contributed by atoms with Gasteiger partial charge in [0.15, 0.2) is 11.6 Å². The Morgan fingerprint density at radius 1 is 1.10 bits per heavy atom. The minimum atomic E-state index is -0.595. The molecule has 21 heavy (non-hydrogen) atoms. The number of benzene rings is 2. The topological polar surface area (TPSA) is 71.9 Å². The Bertz CT molecular complexity index is 871. The smallest absolute Gasteiger partial charge is 0.167 e. The molecule has 0 atom stereocenters. The van der Waals surface area contributed by atoms with Gasteiger partial charge >= 0.3 is 0 Å². The molecule has 3 rings (SSSR count). The number of hydrogen-bond donors (Lipinski definition) is 1. The van der Waals surface area contributed by atoms with Gasteiger partial charge in [-0.15, -0.1) is 0 Å². The Hall–Kier alpha value is -3.13. The van der Waals surface area contributed by atoms with Gasteiger partial charge in [0.1, 0.15) is 5.75 Å². The number of nitriles is 1. The molecule has 0 fully saturated rings. The van der Waals surface area contributed by atoms with E-state index in [0.717, 1.165) is 11.5 Å². The van der Waals surface area contributed by atoms with Crippen LogP contribution in [0, 0.1) is 17.1 Å². The van der Waals surface area contributed by atoms with Gasteiger partial charge in [-0.05, 0) is 36.4 Å². The normalized spacial score (nSPS) is 10.3. The van der Waals surface area contributed by atoms with Crippen LogP contribution in [0.4, 0.5) is 10.1 Å². The molecule has 5 heteroatoms. The number of hydrogen-bond acceptors (Lipinski definition) is 4. The molecule has 0 aliphatic rings. The number of nitrogens with two attached hydrogens (primary N) is 1. The Morgan fingerprint density at radius 3 is 2.67 bits per heavy atom. The summed E-state index contributed by atoms with van der Waals surface area (Å²) in [5.74, 6) is -0.0947. The van der Waals surface area contributed by atoms with Crippen molar-refractivity contribution in [1.29, 1.82) is 5.26 Å². The van der Waals surface area contributed by atoms with Crippen molar-refractivity contribution < 1.29 is 9.13 Å². The summed E-state index contributed by atoms with van der Waals surface area (Å²) in [6.07, 6.45) is 3.24. The molecule has 2 N–H and O–H groups in total. The molecule has 0 aliphatic carbocycles. The third-order valence-corrected chi connectivity index (χ3v) is 3.09. The van der Waals surface area contributed by atoms with Gasteiger partial charge in [-0.25, -0.2) is 4.39 Å². The first kappa shape index (κ1) is 12.9. The Labute approximate surface area is 120 Å². The van der Waals surface area contributed by atoms with E-state index in [9.17, 15) is 4.39 Å². The molecule has 0 saturated carbocycles. The second-order valence-corrected chi connectivity index (χ2v) is 4.43. The van der Waals surface area contributed by atoms with E-state index in [1.54, 1.807) is 30.6 Å². The summed E-state index contributed by atoms with van der Waals surface area (Å²) < 4.78 is 19.5. The van der Waals surface area contributed by atoms with Gasteiger partial charge in [-0.3, -0.25) is 4.98 Å². The summed E-state index contributed by atoms with van der Waals surface area (Å²) in [4.78, 5) is 4.03. The molecule has 1 heterocycles. The van der Waals surface area contributed by atoms with Crippen LogP contribution in [0.15, 0.2) is 48.8 Å². The lowest BCUT2D eigenvalue weighted by atomic mass is 10.1. The number of anilines is 1. The van der Waals surface area contributed by atoms with Crippen LogP contribution in [-0.2, 0) is 0 Å². The summed E-state index contributed by atoms with van der Waals surface area (Å²) in [7, 11) is 0. The average molecular weight is 279 g/mol. The fourth-order valence-corrected chi connectivity index (χ4v) is 2.05. The van der Waals surface area contributed by atoms with E-state index in [2.05, 4.69) is 4.98 Å². The van der Waals surface area contributed by atoms with Gasteiger partial charge in [0.2, 0.25) is 0 Å². The zero-order chi connectivity index (χ0) is 14.8. The number of aromatic nitrogens is 1. The number of halogens is 1. The predicted octanol–water partition coefficient (Wildman–Crippen LogP) is 3.62. The number of nitrogens with zero attached hydrogens (tertiary/aromatic N) is 2. The minimum absolute atomic E-state index is 0.0453. The molecule has 4 nitrogen and oxygen atoms in total. The van der Waals surface area contributed by atoms with Gasteiger partial charge in [0.25, 0.3) is 0 Å². The van der Waals surface area contributed by atoms with Crippen molar-refractivity contribution in [3.05, 3.63) is 60.2 Å². The van der Waals surface area contributed by atoms with Gasteiger partial charge < -0.3 is 10.5 Å². The van der Waals surface area contributed by atoms with Crippen LogP contribution in [-0.4, -0.2) is 4.98 Å². The molecular weight excluding hydrogens is 269 g/mol. The summed E-state index contributed by atoms with van der Waals surface area (Å²) in [6, 6.07) is 11.1. The van der Waals surface area contributed by atoms with E-state index in [1.807, 2.05) is 6.07 Å². The fraction of sp³-hybridized carbons (Fsp3) is 0. The largest absolute Gasteiger partial charge is 0.454 e. The second-order valence-electron chi connectivity index (χ2n) is 4.43. The average Bonchev–Trinajstić information content (AvgIpc) is 2.52. The first-order valence-corrected chi connectivity index (χ1v) is 6.19. The van der Waals surface area contributed by atoms with E-state index < -0.39 is 5.82 Å². The van der Waals surface area contributed by atoms with Gasteiger partial charge in [0, 0.05) is 28.9 Å². The summed E-state index contributed by atoms with van der Waals surface area (Å²) in [5.41, 5.74) is 6.73. The Morgan fingerprint density at radius 2 is 1.90 bits per heavy atom. The number of pyridine rings is 1. The van der Waals surface area contributed by atoms with Crippen LogP contribution in [0.2, 0.25) is 0 Å². The highest BCUT2D eigenvalue weighted by molar-refractivity contribution is 5.96. The van der Waals surface area contributed by atoms with Crippen LogP contribution >= 0.6 is 0 Å². The molecule has 0 saturated heterocycles. The highest BCUT2D eigenvalue weighted by Crippen LogP contribution is 2.33. The van der Waals surface area contributed by atoms with Gasteiger partial charge in [0.05, 0.1) is 11.6 Å². The van der Waals surface area contributed by atoms with Crippen molar-refractivity contribution >= 4 is 16.5 Å². The molecule has 0 spiro atoms. The molecule has 0 aliphatic heterocycles. The quantitative estimate of drug-likeness (QED) is 0.727. The summed E-state index contributed by atoms with van der Waals surface area (Å²) >= 11 is 0. The highest BCUT2D eigenvalue weighted by Gasteiger charge is 2.10. The van der Waals surface area contributed by atoms with Gasteiger partial charge in [-0.2, -0.15) is 5.26 Å². The van der Waals surface area contributed by atoms with Crippen LogP contribution in [0.5, 0.6) is 11.5 Å². The van der Waals surface area contributed by atoms with Crippen molar-refractivity contribution in [2.24, 2.45) is 0 Å². The van der Waals surface area contributed by atoms with Crippen molar-refractivity contribution in [3.8, 4) is 17.6 Å². The molecule has 0 radical (unpaired) electrons. The Kier molecular flexibility index (Phi) is 3.13. The summed E-state index contributed by atoms with van der Waals surface area (Å²) in [6.45, 7) is 0. The standard InChI is InChI=1S/C16H10FN3O/c17-13-7-10(8-18)1-3-16(13)21-15-4-2-14(19)11-5-6-20-9-12(11)15/h1-7,9H,19H2. The lowest BCUT2D eigenvalue weighted by molar-refractivity contribution is 0.446. The van der Waals surface area contributed by atoms with Crippen LogP contribution in [0.1, 0.15) is 5.56 Å². The maximum absolute atomic E-state index is 13.9. The first-order valence-electron chi connectivity index (χ1n) is 6.19.